The van der Waals surface area contributed by atoms with E-state index in [0.717, 1.165) is 5.33 Å². The topological polar surface area (TPSA) is 29.5 Å². The van der Waals surface area contributed by atoms with Crippen molar-refractivity contribution in [1.29, 1.82) is 0 Å². The molecule has 0 N–H and O–H groups in total. The molecule has 0 saturated heterocycles. The zero-order valence-electron chi connectivity index (χ0n) is 7.08. The van der Waals surface area contributed by atoms with Crippen molar-refractivity contribution >= 4 is 56.0 Å². The lowest BCUT2D eigenvalue weighted by Crippen LogP contribution is -2.28. The fourth-order valence-electron chi connectivity index (χ4n) is 0.452. The largest absolute Gasteiger partial charge is 0.450 e. The van der Waals surface area contributed by atoms with Crippen LogP contribution in [0.1, 0.15) is 6.92 Å². The highest BCUT2D eigenvalue weighted by atomic mass is 79.9. The summed E-state index contributed by atoms with van der Waals surface area (Å²) in [6.07, 6.45) is -0.262. The molecular weight excluding hydrogens is 358 g/mol. The molecule has 0 fully saturated rings. The van der Waals surface area contributed by atoms with E-state index in [9.17, 15) is 4.79 Å². The predicted molar refractivity (Wildman–Crippen MR) is 64.1 cm³/mol. The highest BCUT2D eigenvalue weighted by Gasteiger charge is 2.06. The summed E-state index contributed by atoms with van der Waals surface area (Å²) in [4.78, 5) is 12.3. The van der Waals surface area contributed by atoms with Gasteiger partial charge in [-0.3, -0.25) is 0 Å². The minimum Gasteiger partial charge on any atom is -0.450 e. The molecule has 0 aliphatic heterocycles. The first-order valence-corrected chi connectivity index (χ1v) is 4.28. The maximum atomic E-state index is 10.8. The number of carbonyl (C=O) groups is 1. The van der Waals surface area contributed by atoms with E-state index < -0.39 is 0 Å². The van der Waals surface area contributed by atoms with E-state index >= 15 is 0 Å². The highest BCUT2D eigenvalue weighted by molar-refractivity contribution is 9.09. The summed E-state index contributed by atoms with van der Waals surface area (Å²) in [5, 5.41) is 0.780. The summed E-state index contributed by atoms with van der Waals surface area (Å²) in [7, 11) is 1.71. The summed E-state index contributed by atoms with van der Waals surface area (Å²) < 4.78 is 4.72. The van der Waals surface area contributed by atoms with Crippen LogP contribution < -0.4 is 0 Å². The second-order valence-corrected chi connectivity index (χ2v) is 2.60. The van der Waals surface area contributed by atoms with Crippen LogP contribution in [0, 0.1) is 0 Å². The van der Waals surface area contributed by atoms with Crippen LogP contribution in [0.5, 0.6) is 0 Å². The van der Waals surface area contributed by atoms with Gasteiger partial charge in [-0.25, -0.2) is 4.79 Å². The molecule has 0 aromatic heterocycles. The van der Waals surface area contributed by atoms with Crippen LogP contribution in [0.25, 0.3) is 0 Å². The number of rotatable bonds is 3. The summed E-state index contributed by atoms with van der Waals surface area (Å²) in [5.74, 6) is 0. The molecule has 76 valence electrons. The second-order valence-electron chi connectivity index (χ2n) is 1.81. The minimum absolute atomic E-state index is 0. The van der Waals surface area contributed by atoms with Crippen molar-refractivity contribution in [2.24, 2.45) is 0 Å². The van der Waals surface area contributed by atoms with Gasteiger partial charge < -0.3 is 9.64 Å². The number of nitrogens with zero attached hydrogens (tertiary/aromatic N) is 1. The fourth-order valence-corrected chi connectivity index (χ4v) is 0.984. The van der Waals surface area contributed by atoms with E-state index in [1.54, 1.807) is 14.0 Å². The van der Waals surface area contributed by atoms with Gasteiger partial charge in [0.2, 0.25) is 0 Å². The monoisotopic (exact) mass is 369 g/mol. The first-order valence-electron chi connectivity index (χ1n) is 3.16. The predicted octanol–water partition coefficient (Wildman–Crippen LogP) is 2.63. The van der Waals surface area contributed by atoms with E-state index in [-0.39, 0.29) is 40.1 Å². The van der Waals surface area contributed by atoms with Gasteiger partial charge in [-0.15, -0.1) is 34.0 Å². The molecule has 0 rings (SSSR count). The van der Waals surface area contributed by atoms with Crippen molar-refractivity contribution in [3.05, 3.63) is 0 Å². The molecule has 0 aromatic carbocycles. The zero-order chi connectivity index (χ0) is 7.98. The Bertz CT molecular complexity index is 113. The third kappa shape index (κ3) is 8.80. The molecule has 0 aromatic rings. The van der Waals surface area contributed by atoms with E-state index in [1.165, 1.54) is 4.90 Å². The summed E-state index contributed by atoms with van der Waals surface area (Å²) in [6, 6.07) is 0. The molecule has 0 saturated carbocycles. The van der Waals surface area contributed by atoms with Crippen molar-refractivity contribution in [1.82, 2.24) is 4.90 Å². The molecule has 1 amide bonds. The molecule has 12 heavy (non-hydrogen) atoms. The number of carbonyl (C=O) groups excluding carboxylic acids is 1. The second kappa shape index (κ2) is 11.7. The van der Waals surface area contributed by atoms with Gasteiger partial charge in [-0.05, 0) is 6.92 Å². The third-order valence-corrected chi connectivity index (χ3v) is 1.35. The molecule has 0 aliphatic rings. The lowest BCUT2D eigenvalue weighted by Gasteiger charge is -2.13. The minimum atomic E-state index is -0.262. The number of alkyl halides is 1. The number of halogens is 3. The van der Waals surface area contributed by atoms with Crippen LogP contribution in [-0.2, 0) is 4.74 Å². The first kappa shape index (κ1) is 18.5. The van der Waals surface area contributed by atoms with Crippen molar-refractivity contribution in [3.63, 3.8) is 0 Å². The van der Waals surface area contributed by atoms with Gasteiger partial charge in [0.05, 0.1) is 6.61 Å². The Labute approximate surface area is 102 Å². The number of hydrogen-bond acceptors (Lipinski definition) is 2. The zero-order valence-corrected chi connectivity index (χ0v) is 12.1. The van der Waals surface area contributed by atoms with E-state index in [2.05, 4.69) is 15.9 Å². The lowest BCUT2D eigenvalue weighted by atomic mass is 10.7. The molecule has 0 heterocycles. The van der Waals surface area contributed by atoms with E-state index in [1.807, 2.05) is 0 Å². The van der Waals surface area contributed by atoms with Gasteiger partial charge >= 0.3 is 6.09 Å². The van der Waals surface area contributed by atoms with Gasteiger partial charge in [-0.1, -0.05) is 15.9 Å². The van der Waals surface area contributed by atoms with Gasteiger partial charge in [0, 0.05) is 18.9 Å². The molecule has 0 spiro atoms. The number of ether oxygens (including phenoxy) is 1. The SMILES string of the molecule is Br.Br.CCOC(=O)N(C)CCBr. The average molecular weight is 372 g/mol. The Morgan fingerprint density at radius 3 is 2.33 bits per heavy atom. The summed E-state index contributed by atoms with van der Waals surface area (Å²) >= 11 is 3.22. The molecule has 0 atom stereocenters. The quantitative estimate of drug-likeness (QED) is 0.714. The summed E-state index contributed by atoms with van der Waals surface area (Å²) in [6.45, 7) is 2.91. The Morgan fingerprint density at radius 1 is 1.50 bits per heavy atom. The van der Waals surface area contributed by atoms with Gasteiger partial charge in [0.1, 0.15) is 0 Å². The van der Waals surface area contributed by atoms with E-state index in [0.29, 0.717) is 13.2 Å². The molecule has 0 unspecified atom stereocenters. The van der Waals surface area contributed by atoms with Crippen LogP contribution in [-0.4, -0.2) is 36.5 Å². The van der Waals surface area contributed by atoms with Crippen LogP contribution >= 0.6 is 49.9 Å². The maximum absolute atomic E-state index is 10.8. The van der Waals surface area contributed by atoms with Crippen LogP contribution in [0.4, 0.5) is 4.79 Å². The van der Waals surface area contributed by atoms with Crippen molar-refractivity contribution in [2.45, 2.75) is 6.92 Å². The van der Waals surface area contributed by atoms with Crippen molar-refractivity contribution < 1.29 is 9.53 Å². The molecule has 0 bridgehead atoms. The third-order valence-electron chi connectivity index (χ3n) is 0.999. The van der Waals surface area contributed by atoms with Crippen molar-refractivity contribution in [2.75, 3.05) is 25.5 Å². The molecule has 3 nitrogen and oxygen atoms in total. The van der Waals surface area contributed by atoms with Crippen molar-refractivity contribution in [3.8, 4) is 0 Å². The number of hydrogen-bond donors (Lipinski definition) is 0. The summed E-state index contributed by atoms with van der Waals surface area (Å²) in [5.41, 5.74) is 0. The maximum Gasteiger partial charge on any atom is 0.409 e. The first-order chi connectivity index (χ1) is 4.72. The Kier molecular flexibility index (Phi) is 18.0. The van der Waals surface area contributed by atoms with Gasteiger partial charge in [0.15, 0.2) is 0 Å². The number of amides is 1. The Balaban J connectivity index is -0.000000405. The average Bonchev–Trinajstić information content (AvgIpc) is 1.89. The standard InChI is InChI=1S/C6H12BrNO2.2BrH/c1-3-10-6(9)8(2)5-4-7;;/h3-5H2,1-2H3;2*1H. The molecule has 0 radical (unpaired) electrons. The fraction of sp³-hybridized carbons (Fsp3) is 0.833. The van der Waals surface area contributed by atoms with Crippen LogP contribution in [0.15, 0.2) is 0 Å². The Hall–Kier alpha value is 0.710. The van der Waals surface area contributed by atoms with Gasteiger partial charge in [0.25, 0.3) is 0 Å². The van der Waals surface area contributed by atoms with Crippen LogP contribution in [0.3, 0.4) is 0 Å². The normalized spacial score (nSPS) is 7.58. The molecular formula is C6H14Br3NO2. The molecule has 6 heteroatoms. The highest BCUT2D eigenvalue weighted by Crippen LogP contribution is 1.91. The van der Waals surface area contributed by atoms with Crippen LogP contribution in [0.2, 0.25) is 0 Å². The van der Waals surface area contributed by atoms with Gasteiger partial charge in [-0.2, -0.15) is 0 Å². The lowest BCUT2D eigenvalue weighted by molar-refractivity contribution is 0.118. The molecule has 0 aliphatic carbocycles. The smallest absolute Gasteiger partial charge is 0.409 e. The Morgan fingerprint density at radius 2 is 2.00 bits per heavy atom. The van der Waals surface area contributed by atoms with E-state index in [4.69, 9.17) is 4.74 Å².